The van der Waals surface area contributed by atoms with Gasteiger partial charge in [0.1, 0.15) is 23.0 Å². The molecule has 0 aromatic heterocycles. The highest BCUT2D eigenvalue weighted by molar-refractivity contribution is 6.92. The fourth-order valence-electron chi connectivity index (χ4n) is 5.94. The maximum absolute atomic E-state index is 7.88. The lowest BCUT2D eigenvalue weighted by atomic mass is 10.1. The molecule has 4 aromatic carbocycles. The molecule has 0 amide bonds. The Bertz CT molecular complexity index is 1360. The maximum Gasteiger partial charge on any atom is 0.273 e. The average molecular weight is 669 g/mol. The number of benzene rings is 4. The first kappa shape index (κ1) is 36.3. The predicted octanol–water partition coefficient (Wildman–Crippen LogP) is 6.46. The van der Waals surface area contributed by atoms with E-state index in [1.54, 1.807) is 0 Å². The lowest BCUT2D eigenvalue weighted by Crippen LogP contribution is -2.58. The predicted molar refractivity (Wildman–Crippen MR) is 199 cm³/mol. The van der Waals surface area contributed by atoms with Gasteiger partial charge in [-0.25, -0.2) is 0 Å². The molecular formula is C40H52O5Si2. The summed E-state index contributed by atoms with van der Waals surface area (Å²) in [7, 11) is -3.70. The van der Waals surface area contributed by atoms with Crippen LogP contribution in [0.15, 0.2) is 72.8 Å². The molecule has 0 spiro atoms. The minimum absolute atomic E-state index is 0.608. The van der Waals surface area contributed by atoms with Gasteiger partial charge in [-0.3, -0.25) is 0 Å². The SMILES string of the molecule is CCOc1ccc(CC)c([Si](O[Si](c2cc(OCC)ccc2CC)c2cc(OCC)ccc2CC)c2cc(OCC)ccc2CC)c1. The van der Waals surface area contributed by atoms with Crippen molar-refractivity contribution in [1.29, 1.82) is 0 Å². The fraction of sp³-hybridized carbons (Fsp3) is 0.400. The lowest BCUT2D eigenvalue weighted by Gasteiger charge is -2.29. The smallest absolute Gasteiger partial charge is 0.273 e. The van der Waals surface area contributed by atoms with E-state index in [4.69, 9.17) is 23.1 Å². The third-order valence-electron chi connectivity index (χ3n) is 8.28. The Hall–Kier alpha value is -3.53. The second kappa shape index (κ2) is 18.1. The molecule has 0 bridgehead atoms. The van der Waals surface area contributed by atoms with Crippen molar-refractivity contribution in [2.75, 3.05) is 26.4 Å². The summed E-state index contributed by atoms with van der Waals surface area (Å²) in [6, 6.07) is 26.2. The van der Waals surface area contributed by atoms with Crippen LogP contribution < -0.4 is 39.7 Å². The first-order valence-electron chi connectivity index (χ1n) is 17.4. The monoisotopic (exact) mass is 668 g/mol. The summed E-state index contributed by atoms with van der Waals surface area (Å²) in [4.78, 5) is 0. The number of rotatable bonds is 18. The fourth-order valence-corrected chi connectivity index (χ4v) is 12.4. The van der Waals surface area contributed by atoms with Crippen LogP contribution in [-0.4, -0.2) is 44.5 Å². The third kappa shape index (κ3) is 8.89. The maximum atomic E-state index is 7.88. The summed E-state index contributed by atoms with van der Waals surface area (Å²) in [5.74, 6) is 3.50. The molecule has 0 fully saturated rings. The largest absolute Gasteiger partial charge is 0.494 e. The molecule has 0 N–H and O–H groups in total. The van der Waals surface area contributed by atoms with Crippen LogP contribution in [0.1, 0.15) is 77.6 Å². The highest BCUT2D eigenvalue weighted by atomic mass is 28.4. The van der Waals surface area contributed by atoms with Gasteiger partial charge >= 0.3 is 0 Å². The van der Waals surface area contributed by atoms with E-state index < -0.39 is 18.1 Å². The van der Waals surface area contributed by atoms with Crippen molar-refractivity contribution in [2.45, 2.75) is 81.1 Å². The Morgan fingerprint density at radius 1 is 0.362 bits per heavy atom. The number of ether oxygens (including phenoxy) is 4. The molecule has 47 heavy (non-hydrogen) atoms. The molecule has 0 aliphatic carbocycles. The van der Waals surface area contributed by atoms with E-state index in [0.717, 1.165) is 48.7 Å². The standard InChI is InChI=1S/C40H52O5Si2/c1-9-29-17-21-33(41-13-5)25-37(29)46(38-26-34(42-14-6)22-18-30(38)10-2)45-47(39-27-35(43-15-7)23-19-31(39)11-3)40-28-36(44-16-8)24-20-32(40)12-4/h17-28H,9-16H2,1-8H3. The number of aryl methyl sites for hydroxylation is 4. The van der Waals surface area contributed by atoms with Gasteiger partial charge in [0.05, 0.1) is 26.4 Å². The Balaban J connectivity index is 2.07. The van der Waals surface area contributed by atoms with Gasteiger partial charge in [-0.1, -0.05) is 52.0 Å². The van der Waals surface area contributed by atoms with Gasteiger partial charge in [-0.2, -0.15) is 0 Å². The second-order valence-corrected chi connectivity index (χ2v) is 15.5. The van der Waals surface area contributed by atoms with Crippen molar-refractivity contribution in [3.05, 3.63) is 95.1 Å². The van der Waals surface area contributed by atoms with Gasteiger partial charge in [0.2, 0.25) is 0 Å². The zero-order valence-corrected chi connectivity index (χ0v) is 31.6. The summed E-state index contributed by atoms with van der Waals surface area (Å²) in [5, 5.41) is 4.92. The molecule has 4 rings (SSSR count). The van der Waals surface area contributed by atoms with E-state index in [9.17, 15) is 0 Å². The van der Waals surface area contributed by atoms with E-state index in [2.05, 4.69) is 100 Å². The van der Waals surface area contributed by atoms with Crippen molar-refractivity contribution in [3.8, 4) is 23.0 Å². The minimum Gasteiger partial charge on any atom is -0.494 e. The molecule has 0 heterocycles. The molecule has 5 nitrogen and oxygen atoms in total. The second-order valence-electron chi connectivity index (χ2n) is 11.2. The molecule has 0 aliphatic heterocycles. The molecule has 7 heteroatoms. The van der Waals surface area contributed by atoms with E-state index in [1.807, 2.05) is 27.7 Å². The molecule has 2 radical (unpaired) electrons. The normalized spacial score (nSPS) is 11.3. The number of hydrogen-bond acceptors (Lipinski definition) is 5. The van der Waals surface area contributed by atoms with Gasteiger partial charge in [0.25, 0.3) is 18.1 Å². The minimum atomic E-state index is -1.85. The summed E-state index contributed by atoms with van der Waals surface area (Å²) >= 11 is 0. The summed E-state index contributed by atoms with van der Waals surface area (Å²) in [6.45, 7) is 19.5. The zero-order chi connectivity index (χ0) is 33.8. The lowest BCUT2D eigenvalue weighted by molar-refractivity contribution is 0.340. The topological polar surface area (TPSA) is 46.2 Å². The average Bonchev–Trinajstić information content (AvgIpc) is 3.09. The van der Waals surface area contributed by atoms with Crippen LogP contribution in [0.25, 0.3) is 0 Å². The van der Waals surface area contributed by atoms with Crippen LogP contribution in [0.5, 0.6) is 23.0 Å². The van der Waals surface area contributed by atoms with Gasteiger partial charge in [0, 0.05) is 0 Å². The first-order valence-corrected chi connectivity index (χ1v) is 20.2. The van der Waals surface area contributed by atoms with Crippen molar-refractivity contribution >= 4 is 38.8 Å². The zero-order valence-electron chi connectivity index (χ0n) is 29.6. The number of hydrogen-bond donors (Lipinski definition) is 0. The van der Waals surface area contributed by atoms with Crippen LogP contribution >= 0.6 is 0 Å². The Kier molecular flexibility index (Phi) is 14.0. The molecule has 250 valence electrons. The molecule has 0 saturated heterocycles. The molecule has 0 saturated carbocycles. The first-order chi connectivity index (χ1) is 22.9. The summed E-state index contributed by atoms with van der Waals surface area (Å²) in [5.41, 5.74) is 5.13. The Labute approximate surface area is 286 Å². The van der Waals surface area contributed by atoms with Gasteiger partial charge in [0.15, 0.2) is 0 Å². The molecule has 4 aromatic rings. The van der Waals surface area contributed by atoms with Crippen LogP contribution in [-0.2, 0) is 29.8 Å². The van der Waals surface area contributed by atoms with E-state index in [-0.39, 0.29) is 0 Å². The van der Waals surface area contributed by atoms with Gasteiger partial charge in [-0.15, -0.1) is 0 Å². The van der Waals surface area contributed by atoms with Crippen LogP contribution in [0, 0.1) is 0 Å². The van der Waals surface area contributed by atoms with Gasteiger partial charge in [-0.05, 0) is 145 Å². The van der Waals surface area contributed by atoms with Gasteiger partial charge < -0.3 is 23.1 Å². The molecular weight excluding hydrogens is 617 g/mol. The van der Waals surface area contributed by atoms with Crippen molar-refractivity contribution in [1.82, 2.24) is 0 Å². The molecule has 0 unspecified atom stereocenters. The summed E-state index contributed by atoms with van der Waals surface area (Å²) < 4.78 is 32.3. The van der Waals surface area contributed by atoms with Crippen LogP contribution in [0.2, 0.25) is 0 Å². The van der Waals surface area contributed by atoms with E-state index in [1.165, 1.54) is 43.0 Å². The Morgan fingerprint density at radius 3 is 0.787 bits per heavy atom. The van der Waals surface area contributed by atoms with Crippen LogP contribution in [0.3, 0.4) is 0 Å². The molecule has 0 atom stereocenters. The van der Waals surface area contributed by atoms with E-state index >= 15 is 0 Å². The highest BCUT2D eigenvalue weighted by Crippen LogP contribution is 2.20. The highest BCUT2D eigenvalue weighted by Gasteiger charge is 2.34. The quantitative estimate of drug-likeness (QED) is 0.114. The van der Waals surface area contributed by atoms with Crippen molar-refractivity contribution in [2.24, 2.45) is 0 Å². The van der Waals surface area contributed by atoms with E-state index in [0.29, 0.717) is 26.4 Å². The third-order valence-corrected chi connectivity index (χ3v) is 13.7. The Morgan fingerprint density at radius 2 is 0.596 bits per heavy atom. The van der Waals surface area contributed by atoms with Crippen LogP contribution in [0.4, 0.5) is 0 Å². The van der Waals surface area contributed by atoms with Crippen molar-refractivity contribution < 1.29 is 23.1 Å². The summed E-state index contributed by atoms with van der Waals surface area (Å²) in [6.07, 6.45) is 3.59. The van der Waals surface area contributed by atoms with Crippen molar-refractivity contribution in [3.63, 3.8) is 0 Å². The molecule has 0 aliphatic rings.